The van der Waals surface area contributed by atoms with Crippen molar-refractivity contribution in [3.8, 4) is 0 Å². The van der Waals surface area contributed by atoms with E-state index in [0.29, 0.717) is 31.2 Å². The van der Waals surface area contributed by atoms with E-state index in [1.807, 2.05) is 11.8 Å². The lowest BCUT2D eigenvalue weighted by atomic mass is 10.0. The molecule has 0 N–H and O–H groups in total. The number of sulfonamides is 1. The fourth-order valence-electron chi connectivity index (χ4n) is 4.58. The van der Waals surface area contributed by atoms with Gasteiger partial charge < -0.3 is 9.80 Å². The summed E-state index contributed by atoms with van der Waals surface area (Å²) in [6.45, 7) is 5.90. The molecule has 0 bridgehead atoms. The smallest absolute Gasteiger partial charge is 0.243 e. The minimum Gasteiger partial charge on any atom is -0.338 e. The molecule has 0 aromatic heterocycles. The van der Waals surface area contributed by atoms with Crippen LogP contribution in [-0.2, 0) is 19.6 Å². The zero-order chi connectivity index (χ0) is 22.2. The topological polar surface area (TPSA) is 78.0 Å². The minimum atomic E-state index is -3.63. The van der Waals surface area contributed by atoms with Gasteiger partial charge in [-0.1, -0.05) is 6.92 Å². The highest BCUT2D eigenvalue weighted by Crippen LogP contribution is 2.38. The number of likely N-dealkylation sites (tertiary alicyclic amines) is 1. The molecule has 3 heterocycles. The van der Waals surface area contributed by atoms with E-state index < -0.39 is 10.0 Å². The zero-order valence-corrected chi connectivity index (χ0v) is 19.9. The molecule has 9 heteroatoms. The molecule has 0 unspecified atom stereocenters. The Morgan fingerprint density at radius 3 is 2.55 bits per heavy atom. The van der Waals surface area contributed by atoms with Crippen molar-refractivity contribution in [2.75, 3.05) is 36.8 Å². The highest BCUT2D eigenvalue weighted by atomic mass is 32.2. The molecule has 4 rings (SSSR count). The van der Waals surface area contributed by atoms with Crippen molar-refractivity contribution in [3.05, 3.63) is 18.2 Å². The monoisotopic (exact) mass is 465 g/mol. The number of anilines is 1. The molecule has 1 aromatic rings. The quantitative estimate of drug-likeness (QED) is 0.683. The van der Waals surface area contributed by atoms with E-state index >= 15 is 0 Å². The van der Waals surface area contributed by atoms with Gasteiger partial charge >= 0.3 is 0 Å². The van der Waals surface area contributed by atoms with Crippen LogP contribution in [0.2, 0.25) is 0 Å². The van der Waals surface area contributed by atoms with Crippen LogP contribution in [0.25, 0.3) is 0 Å². The van der Waals surface area contributed by atoms with Crippen LogP contribution in [-0.4, -0.2) is 67.4 Å². The maximum atomic E-state index is 13.2. The number of carbonyl (C=O) groups excluding carboxylic acids is 2. The number of piperidine rings is 2. The van der Waals surface area contributed by atoms with E-state index in [9.17, 15) is 18.0 Å². The lowest BCUT2D eigenvalue weighted by Gasteiger charge is -2.36. The minimum absolute atomic E-state index is 0.0402. The SMILES string of the molecule is CC1CCN(S(=O)(=O)c2ccc3c(c2)N(CC(=O)N2CCCC[C@@H]2C)C(=O)CS3)CC1. The van der Waals surface area contributed by atoms with Crippen molar-refractivity contribution in [2.45, 2.75) is 61.8 Å². The number of fused-ring (bicyclic) bond motifs is 1. The molecule has 1 aromatic carbocycles. The van der Waals surface area contributed by atoms with Gasteiger partial charge in [-0.05, 0) is 63.1 Å². The maximum Gasteiger partial charge on any atom is 0.243 e. The summed E-state index contributed by atoms with van der Waals surface area (Å²) in [6.07, 6.45) is 4.78. The first-order chi connectivity index (χ1) is 14.8. The third-order valence-electron chi connectivity index (χ3n) is 6.67. The van der Waals surface area contributed by atoms with Gasteiger partial charge in [-0.2, -0.15) is 4.31 Å². The Labute approximate surface area is 189 Å². The van der Waals surface area contributed by atoms with Crippen molar-refractivity contribution in [1.29, 1.82) is 0 Å². The molecule has 2 fully saturated rings. The molecule has 3 aliphatic rings. The number of hydrogen-bond donors (Lipinski definition) is 0. The molecule has 0 saturated carbocycles. The molecular weight excluding hydrogens is 434 g/mol. The van der Waals surface area contributed by atoms with Crippen LogP contribution >= 0.6 is 11.8 Å². The summed E-state index contributed by atoms with van der Waals surface area (Å²) >= 11 is 1.39. The Kier molecular flexibility index (Phi) is 6.65. The first-order valence-corrected chi connectivity index (χ1v) is 13.6. The Morgan fingerprint density at radius 1 is 1.10 bits per heavy atom. The van der Waals surface area contributed by atoms with Crippen LogP contribution in [0.4, 0.5) is 5.69 Å². The summed E-state index contributed by atoms with van der Waals surface area (Å²) in [7, 11) is -3.63. The fourth-order valence-corrected chi connectivity index (χ4v) is 6.99. The van der Waals surface area contributed by atoms with Gasteiger partial charge in [-0.25, -0.2) is 8.42 Å². The number of hydrogen-bond acceptors (Lipinski definition) is 5. The van der Waals surface area contributed by atoms with Crippen LogP contribution in [0.1, 0.15) is 46.0 Å². The molecule has 2 saturated heterocycles. The average molecular weight is 466 g/mol. The molecule has 1 atom stereocenters. The van der Waals surface area contributed by atoms with E-state index in [4.69, 9.17) is 0 Å². The summed E-state index contributed by atoms with van der Waals surface area (Å²) in [5, 5.41) is 0. The average Bonchev–Trinajstić information content (AvgIpc) is 2.76. The molecule has 2 amide bonds. The van der Waals surface area contributed by atoms with Gasteiger partial charge in [-0.15, -0.1) is 11.8 Å². The number of thioether (sulfide) groups is 1. The van der Waals surface area contributed by atoms with Crippen molar-refractivity contribution in [3.63, 3.8) is 0 Å². The van der Waals surface area contributed by atoms with Crippen molar-refractivity contribution in [1.82, 2.24) is 9.21 Å². The standard InChI is InChI=1S/C22H31N3O4S2/c1-16-8-11-23(12-9-16)31(28,29)18-6-7-20-19(13-18)25(22(27)15-30-20)14-21(26)24-10-4-3-5-17(24)2/h6-7,13,16-17H,3-5,8-12,14-15H2,1-2H3/t17-/m0/s1. The number of benzene rings is 1. The van der Waals surface area contributed by atoms with E-state index in [2.05, 4.69) is 6.92 Å². The molecule has 7 nitrogen and oxygen atoms in total. The van der Waals surface area contributed by atoms with Gasteiger partial charge in [0.25, 0.3) is 0 Å². The van der Waals surface area contributed by atoms with Crippen LogP contribution in [0.15, 0.2) is 28.0 Å². The zero-order valence-electron chi connectivity index (χ0n) is 18.2. The second-order valence-corrected chi connectivity index (χ2v) is 11.9. The Bertz CT molecular complexity index is 958. The number of carbonyl (C=O) groups is 2. The summed E-state index contributed by atoms with van der Waals surface area (Å²) in [6, 6.07) is 5.15. The summed E-state index contributed by atoms with van der Waals surface area (Å²) in [5.74, 6) is 0.558. The summed E-state index contributed by atoms with van der Waals surface area (Å²) in [5.41, 5.74) is 0.533. The number of nitrogens with zero attached hydrogens (tertiary/aromatic N) is 3. The van der Waals surface area contributed by atoms with Crippen molar-refractivity contribution in [2.24, 2.45) is 5.92 Å². The fraction of sp³-hybridized carbons (Fsp3) is 0.636. The van der Waals surface area contributed by atoms with Crippen molar-refractivity contribution < 1.29 is 18.0 Å². The first kappa shape index (κ1) is 22.6. The number of rotatable bonds is 4. The van der Waals surface area contributed by atoms with Crippen LogP contribution in [0.5, 0.6) is 0 Å². The van der Waals surface area contributed by atoms with E-state index in [1.54, 1.807) is 18.2 Å². The Hall–Kier alpha value is -1.58. The summed E-state index contributed by atoms with van der Waals surface area (Å²) < 4.78 is 28.0. The van der Waals surface area contributed by atoms with Crippen LogP contribution in [0.3, 0.4) is 0 Å². The Balaban J connectivity index is 1.59. The third kappa shape index (κ3) is 4.64. The molecular formula is C22H31N3O4S2. The van der Waals surface area contributed by atoms with Crippen LogP contribution < -0.4 is 4.90 Å². The van der Waals surface area contributed by atoms with Gasteiger partial charge in [0.1, 0.15) is 6.54 Å². The predicted molar refractivity (Wildman–Crippen MR) is 122 cm³/mol. The highest BCUT2D eigenvalue weighted by molar-refractivity contribution is 8.00. The van der Waals surface area contributed by atoms with E-state index in [1.165, 1.54) is 21.0 Å². The Morgan fingerprint density at radius 2 is 1.84 bits per heavy atom. The maximum absolute atomic E-state index is 13.2. The molecule has 170 valence electrons. The highest BCUT2D eigenvalue weighted by Gasteiger charge is 2.33. The first-order valence-electron chi connectivity index (χ1n) is 11.1. The normalized spacial score (nSPS) is 23.7. The molecule has 0 radical (unpaired) electrons. The second kappa shape index (κ2) is 9.11. The third-order valence-corrected chi connectivity index (χ3v) is 9.61. The lowest BCUT2D eigenvalue weighted by molar-refractivity contribution is -0.134. The second-order valence-electron chi connectivity index (χ2n) is 8.92. The van der Waals surface area contributed by atoms with E-state index in [0.717, 1.165) is 37.0 Å². The number of amides is 2. The van der Waals surface area contributed by atoms with Gasteiger partial charge in [0.05, 0.1) is 16.3 Å². The molecule has 3 aliphatic heterocycles. The van der Waals surface area contributed by atoms with Gasteiger partial charge in [-0.3, -0.25) is 9.59 Å². The van der Waals surface area contributed by atoms with Gasteiger partial charge in [0, 0.05) is 30.6 Å². The molecule has 31 heavy (non-hydrogen) atoms. The predicted octanol–water partition coefficient (Wildman–Crippen LogP) is 2.95. The van der Waals surface area contributed by atoms with Gasteiger partial charge in [0.15, 0.2) is 0 Å². The van der Waals surface area contributed by atoms with Crippen LogP contribution in [0, 0.1) is 5.92 Å². The molecule has 0 spiro atoms. The molecule has 0 aliphatic carbocycles. The van der Waals surface area contributed by atoms with Crippen molar-refractivity contribution >= 4 is 39.3 Å². The van der Waals surface area contributed by atoms with Gasteiger partial charge in [0.2, 0.25) is 21.8 Å². The largest absolute Gasteiger partial charge is 0.338 e. The summed E-state index contributed by atoms with van der Waals surface area (Å²) in [4.78, 5) is 30.1. The lowest BCUT2D eigenvalue weighted by Crippen LogP contribution is -2.49. The van der Waals surface area contributed by atoms with E-state index in [-0.39, 0.29) is 35.0 Å².